The Kier molecular flexibility index (Phi) is 6.97. The lowest BCUT2D eigenvalue weighted by molar-refractivity contribution is 0.620. The van der Waals surface area contributed by atoms with Crippen molar-refractivity contribution in [3.05, 3.63) is 170 Å². The van der Waals surface area contributed by atoms with Crippen molar-refractivity contribution in [2.75, 3.05) is 0 Å². The van der Waals surface area contributed by atoms with Crippen molar-refractivity contribution < 1.29 is 4.42 Å². The van der Waals surface area contributed by atoms with Gasteiger partial charge in [-0.25, -0.2) is 19.9 Å². The first kappa shape index (κ1) is 30.6. The van der Waals surface area contributed by atoms with Crippen LogP contribution >= 0.6 is 11.3 Å². The van der Waals surface area contributed by atoms with Gasteiger partial charge in [0.25, 0.3) is 0 Å². The number of hydrogen-bond donors (Lipinski definition) is 0. The highest BCUT2D eigenvalue weighted by atomic mass is 32.1. The van der Waals surface area contributed by atoms with Crippen molar-refractivity contribution in [2.24, 2.45) is 0 Å². The monoisotopic (exact) mass is 708 g/mol. The lowest BCUT2D eigenvalue weighted by Gasteiger charge is -2.13. The van der Waals surface area contributed by atoms with Crippen LogP contribution in [0.2, 0.25) is 0 Å². The molecule has 8 aromatic carbocycles. The third-order valence-corrected chi connectivity index (χ3v) is 11.3. The topological polar surface area (TPSA) is 64.7 Å². The summed E-state index contributed by atoms with van der Waals surface area (Å²) in [5.41, 5.74) is 7.70. The molecule has 0 spiro atoms. The molecule has 11 aromatic rings. The Bertz CT molecular complexity index is 3220. The molecule has 0 radical (unpaired) electrons. The highest BCUT2D eigenvalue weighted by molar-refractivity contribution is 7.26. The van der Waals surface area contributed by atoms with Crippen LogP contribution in [-0.2, 0) is 0 Å². The summed E-state index contributed by atoms with van der Waals surface area (Å²) in [6.45, 7) is 0. The molecule has 0 fully saturated rings. The van der Waals surface area contributed by atoms with Gasteiger partial charge in [-0.05, 0) is 75.1 Å². The van der Waals surface area contributed by atoms with Gasteiger partial charge in [0.05, 0.1) is 0 Å². The standard InChI is InChI=1S/C48H28N4OS/c1-3-13-30(14-4-1)45-50-46(34-23-22-29-12-7-8-17-32(29)24-34)52-47(51-45)40-26-35(25-33-18-9-10-19-36(33)40)37-20-11-21-38-39-27-42-41(28-43(39)54-44(37)38)49-48(53-42)31-15-5-2-6-16-31/h1-28H. The molecule has 3 aromatic heterocycles. The van der Waals surface area contributed by atoms with Gasteiger partial charge in [0.2, 0.25) is 5.89 Å². The average molecular weight is 709 g/mol. The van der Waals surface area contributed by atoms with E-state index in [9.17, 15) is 0 Å². The van der Waals surface area contributed by atoms with Gasteiger partial charge < -0.3 is 4.42 Å². The molecule has 0 aliphatic carbocycles. The van der Waals surface area contributed by atoms with Gasteiger partial charge in [-0.2, -0.15) is 0 Å². The molecule has 0 atom stereocenters. The van der Waals surface area contributed by atoms with Gasteiger partial charge in [0.1, 0.15) is 5.52 Å². The van der Waals surface area contributed by atoms with Crippen LogP contribution in [0.1, 0.15) is 0 Å². The van der Waals surface area contributed by atoms with E-state index in [0.29, 0.717) is 23.4 Å². The highest BCUT2D eigenvalue weighted by Gasteiger charge is 2.19. The fourth-order valence-electron chi connectivity index (χ4n) is 7.47. The summed E-state index contributed by atoms with van der Waals surface area (Å²) in [6, 6.07) is 58.8. The molecule has 6 heteroatoms. The highest BCUT2D eigenvalue weighted by Crippen LogP contribution is 2.44. The summed E-state index contributed by atoms with van der Waals surface area (Å²) in [5, 5.41) is 6.86. The van der Waals surface area contributed by atoms with E-state index in [1.807, 2.05) is 48.5 Å². The third-order valence-electron chi connectivity index (χ3n) is 10.1. The van der Waals surface area contributed by atoms with Crippen LogP contribution in [0.15, 0.2) is 174 Å². The van der Waals surface area contributed by atoms with E-state index in [2.05, 4.69) is 121 Å². The first-order chi connectivity index (χ1) is 26.7. The van der Waals surface area contributed by atoms with E-state index in [0.717, 1.165) is 66.0 Å². The molecule has 3 heterocycles. The minimum absolute atomic E-state index is 0.634. The van der Waals surface area contributed by atoms with E-state index in [1.165, 1.54) is 20.2 Å². The van der Waals surface area contributed by atoms with Crippen LogP contribution in [0, 0.1) is 0 Å². The molecule has 5 nitrogen and oxygen atoms in total. The summed E-state index contributed by atoms with van der Waals surface area (Å²) in [7, 11) is 0. The zero-order chi connectivity index (χ0) is 35.6. The quantitative estimate of drug-likeness (QED) is 0.178. The molecule has 252 valence electrons. The second kappa shape index (κ2) is 12.3. The fraction of sp³-hybridized carbons (Fsp3) is 0. The molecular formula is C48H28N4OS. The molecule has 0 N–H and O–H groups in total. The Morgan fingerprint density at radius 1 is 0.389 bits per heavy atom. The van der Waals surface area contributed by atoms with Gasteiger partial charge in [0, 0.05) is 42.4 Å². The molecule has 0 unspecified atom stereocenters. The molecule has 0 saturated carbocycles. The van der Waals surface area contributed by atoms with Crippen LogP contribution in [0.4, 0.5) is 0 Å². The maximum absolute atomic E-state index is 6.29. The van der Waals surface area contributed by atoms with Crippen molar-refractivity contribution >= 4 is 64.2 Å². The van der Waals surface area contributed by atoms with Gasteiger partial charge >= 0.3 is 0 Å². The molecule has 0 amide bonds. The van der Waals surface area contributed by atoms with Crippen LogP contribution in [0.25, 0.3) is 110 Å². The Hall–Kier alpha value is -7.02. The molecule has 0 saturated heterocycles. The predicted octanol–water partition coefficient (Wildman–Crippen LogP) is 13.0. The third kappa shape index (κ3) is 5.15. The number of benzene rings is 8. The first-order valence-electron chi connectivity index (χ1n) is 17.9. The van der Waals surface area contributed by atoms with Crippen molar-refractivity contribution in [2.45, 2.75) is 0 Å². The summed E-state index contributed by atoms with van der Waals surface area (Å²) in [6.07, 6.45) is 0. The SMILES string of the molecule is c1ccc(-c2nc(-c3ccc4ccccc4c3)nc(-c3cc(-c4cccc5c4sc4cc6nc(-c7ccccc7)oc6cc45)cc4ccccc34)n2)cc1. The van der Waals surface area contributed by atoms with Crippen molar-refractivity contribution in [1.82, 2.24) is 19.9 Å². The Balaban J connectivity index is 1.10. The number of hydrogen-bond acceptors (Lipinski definition) is 6. The van der Waals surface area contributed by atoms with Crippen LogP contribution in [0.5, 0.6) is 0 Å². The number of nitrogens with zero attached hydrogens (tertiary/aromatic N) is 4. The fourth-order valence-corrected chi connectivity index (χ4v) is 8.72. The minimum atomic E-state index is 0.634. The second-order valence-electron chi connectivity index (χ2n) is 13.5. The second-order valence-corrected chi connectivity index (χ2v) is 14.5. The molecule has 0 aliphatic heterocycles. The summed E-state index contributed by atoms with van der Waals surface area (Å²) in [5.74, 6) is 2.54. The zero-order valence-corrected chi connectivity index (χ0v) is 29.6. The zero-order valence-electron chi connectivity index (χ0n) is 28.8. The van der Waals surface area contributed by atoms with E-state index >= 15 is 0 Å². The van der Waals surface area contributed by atoms with Crippen LogP contribution < -0.4 is 0 Å². The Morgan fingerprint density at radius 2 is 1.06 bits per heavy atom. The van der Waals surface area contributed by atoms with Crippen molar-refractivity contribution in [3.8, 4) is 56.7 Å². The maximum atomic E-state index is 6.29. The molecule has 0 bridgehead atoms. The van der Waals surface area contributed by atoms with Crippen molar-refractivity contribution in [3.63, 3.8) is 0 Å². The summed E-state index contributed by atoms with van der Waals surface area (Å²) >= 11 is 1.79. The van der Waals surface area contributed by atoms with Crippen LogP contribution in [-0.4, -0.2) is 19.9 Å². The first-order valence-corrected chi connectivity index (χ1v) is 18.7. The molecular weight excluding hydrogens is 681 g/mol. The maximum Gasteiger partial charge on any atom is 0.227 e. The van der Waals surface area contributed by atoms with Gasteiger partial charge in [-0.15, -0.1) is 11.3 Å². The van der Waals surface area contributed by atoms with Gasteiger partial charge in [-0.3, -0.25) is 0 Å². The minimum Gasteiger partial charge on any atom is -0.436 e. The molecule has 0 aliphatic rings. The van der Waals surface area contributed by atoms with E-state index in [1.54, 1.807) is 11.3 Å². The summed E-state index contributed by atoms with van der Waals surface area (Å²) in [4.78, 5) is 20.3. The van der Waals surface area contributed by atoms with Gasteiger partial charge in [0.15, 0.2) is 23.1 Å². The molecule has 54 heavy (non-hydrogen) atoms. The number of aromatic nitrogens is 4. The van der Waals surface area contributed by atoms with E-state index in [4.69, 9.17) is 24.4 Å². The largest absolute Gasteiger partial charge is 0.436 e. The number of rotatable bonds is 5. The summed E-state index contributed by atoms with van der Waals surface area (Å²) < 4.78 is 8.67. The number of thiophene rings is 1. The average Bonchev–Trinajstić information content (AvgIpc) is 3.83. The predicted molar refractivity (Wildman–Crippen MR) is 222 cm³/mol. The smallest absolute Gasteiger partial charge is 0.227 e. The van der Waals surface area contributed by atoms with Crippen molar-refractivity contribution in [1.29, 1.82) is 0 Å². The number of oxazole rings is 1. The van der Waals surface area contributed by atoms with E-state index < -0.39 is 0 Å². The normalized spacial score (nSPS) is 11.7. The van der Waals surface area contributed by atoms with Gasteiger partial charge in [-0.1, -0.05) is 127 Å². The molecule has 11 rings (SSSR count). The lowest BCUT2D eigenvalue weighted by atomic mass is 9.95. The Labute approximate surface area is 313 Å². The Morgan fingerprint density at radius 3 is 1.89 bits per heavy atom. The lowest BCUT2D eigenvalue weighted by Crippen LogP contribution is -2.01. The van der Waals surface area contributed by atoms with Crippen LogP contribution in [0.3, 0.4) is 0 Å². The van der Waals surface area contributed by atoms with E-state index in [-0.39, 0.29) is 0 Å². The number of fused-ring (bicyclic) bond motifs is 6.